The second-order valence-electron chi connectivity index (χ2n) is 2.45. The molecule has 0 fully saturated rings. The summed E-state index contributed by atoms with van der Waals surface area (Å²) in [6.07, 6.45) is 1.38. The van der Waals surface area contributed by atoms with Gasteiger partial charge in [-0.2, -0.15) is 0 Å². The maximum absolute atomic E-state index is 11.3. The fourth-order valence-corrected chi connectivity index (χ4v) is 1.02. The molecule has 13 heavy (non-hydrogen) atoms. The maximum Gasteiger partial charge on any atom is 0.343 e. The zero-order valence-electron chi connectivity index (χ0n) is 7.59. The van der Waals surface area contributed by atoms with Crippen molar-refractivity contribution in [2.75, 3.05) is 12.0 Å². The van der Waals surface area contributed by atoms with Crippen molar-refractivity contribution >= 4 is 11.7 Å². The smallest absolute Gasteiger partial charge is 0.343 e. The number of anilines is 1. The molecule has 0 atom stereocenters. The number of hydrogen-bond acceptors (Lipinski definition) is 5. The Balaban J connectivity index is 2.96. The fourth-order valence-electron chi connectivity index (χ4n) is 1.02. The number of hydrogen-bond donors (Lipinski definition) is 2. The van der Waals surface area contributed by atoms with Gasteiger partial charge < -0.3 is 14.6 Å². The molecule has 5 nitrogen and oxygen atoms in total. The van der Waals surface area contributed by atoms with Crippen LogP contribution in [0.15, 0.2) is 10.7 Å². The van der Waals surface area contributed by atoms with Gasteiger partial charge in [-0.15, -0.1) is 0 Å². The van der Waals surface area contributed by atoms with E-state index < -0.39 is 5.97 Å². The summed E-state index contributed by atoms with van der Waals surface area (Å²) in [4.78, 5) is 11.3. The van der Waals surface area contributed by atoms with Crippen LogP contribution in [-0.4, -0.2) is 12.6 Å². The van der Waals surface area contributed by atoms with Crippen LogP contribution in [0.1, 0.15) is 23.0 Å². The molecule has 0 unspecified atom stereocenters. The summed E-state index contributed by atoms with van der Waals surface area (Å²) in [5, 5.41) is 0. The normalized spacial score (nSPS) is 9.77. The van der Waals surface area contributed by atoms with Crippen LogP contribution in [-0.2, 0) is 4.74 Å². The van der Waals surface area contributed by atoms with E-state index in [0.717, 1.165) is 0 Å². The molecule has 0 saturated carbocycles. The molecule has 0 aliphatic rings. The van der Waals surface area contributed by atoms with Gasteiger partial charge in [-0.3, -0.25) is 5.84 Å². The minimum Gasteiger partial charge on any atom is -0.466 e. The van der Waals surface area contributed by atoms with Gasteiger partial charge in [-0.1, -0.05) is 0 Å². The number of carbonyl (C=O) groups excluding carboxylic acids is 1. The van der Waals surface area contributed by atoms with E-state index in [9.17, 15) is 4.79 Å². The summed E-state index contributed by atoms with van der Waals surface area (Å²) < 4.78 is 9.83. The molecule has 72 valence electrons. The molecule has 5 heteroatoms. The third-order valence-electron chi connectivity index (χ3n) is 1.61. The van der Waals surface area contributed by atoms with Crippen LogP contribution in [0.5, 0.6) is 0 Å². The average molecular weight is 184 g/mol. The molecule has 0 aliphatic carbocycles. The molecular weight excluding hydrogens is 172 g/mol. The number of furan rings is 1. The highest BCUT2D eigenvalue weighted by Crippen LogP contribution is 2.21. The van der Waals surface area contributed by atoms with Gasteiger partial charge in [-0.05, 0) is 13.8 Å². The maximum atomic E-state index is 11.3. The van der Waals surface area contributed by atoms with Crippen molar-refractivity contribution in [2.24, 2.45) is 5.84 Å². The van der Waals surface area contributed by atoms with E-state index in [2.05, 4.69) is 5.43 Å². The number of esters is 1. The Labute approximate surface area is 75.8 Å². The van der Waals surface area contributed by atoms with Crippen molar-refractivity contribution in [1.82, 2.24) is 0 Å². The van der Waals surface area contributed by atoms with Crippen molar-refractivity contribution < 1.29 is 13.9 Å². The number of hydrazine groups is 1. The third-order valence-corrected chi connectivity index (χ3v) is 1.61. The van der Waals surface area contributed by atoms with E-state index in [1.54, 1.807) is 13.8 Å². The van der Waals surface area contributed by atoms with E-state index in [0.29, 0.717) is 23.6 Å². The van der Waals surface area contributed by atoms with Crippen LogP contribution in [0.3, 0.4) is 0 Å². The van der Waals surface area contributed by atoms with Gasteiger partial charge in [0.15, 0.2) is 0 Å². The van der Waals surface area contributed by atoms with E-state index >= 15 is 0 Å². The van der Waals surface area contributed by atoms with Crippen LogP contribution in [0.4, 0.5) is 5.69 Å². The first-order valence-corrected chi connectivity index (χ1v) is 3.92. The first kappa shape index (κ1) is 9.60. The molecule has 0 saturated heterocycles. The number of carbonyl (C=O) groups is 1. The highest BCUT2D eigenvalue weighted by Gasteiger charge is 2.18. The first-order valence-electron chi connectivity index (χ1n) is 3.92. The molecular formula is C8H12N2O3. The fraction of sp³-hybridized carbons (Fsp3) is 0.375. The zero-order chi connectivity index (χ0) is 9.84. The third kappa shape index (κ3) is 1.81. The van der Waals surface area contributed by atoms with Crippen LogP contribution >= 0.6 is 0 Å². The van der Waals surface area contributed by atoms with Crippen LogP contribution in [0, 0.1) is 6.92 Å². The van der Waals surface area contributed by atoms with Crippen molar-refractivity contribution in [2.45, 2.75) is 13.8 Å². The Bertz CT molecular complexity index is 306. The average Bonchev–Trinajstić information content (AvgIpc) is 2.47. The minimum absolute atomic E-state index is 0.327. The largest absolute Gasteiger partial charge is 0.466 e. The summed E-state index contributed by atoms with van der Waals surface area (Å²) in [6, 6.07) is 0. The van der Waals surface area contributed by atoms with Crippen LogP contribution in [0.2, 0.25) is 0 Å². The lowest BCUT2D eigenvalue weighted by atomic mass is 10.2. The molecule has 3 N–H and O–H groups in total. The highest BCUT2D eigenvalue weighted by atomic mass is 16.5. The zero-order valence-corrected chi connectivity index (χ0v) is 7.59. The number of aryl methyl sites for hydroxylation is 1. The van der Waals surface area contributed by atoms with Crippen LogP contribution < -0.4 is 11.3 Å². The Morgan fingerprint density at radius 2 is 2.46 bits per heavy atom. The van der Waals surface area contributed by atoms with Crippen molar-refractivity contribution in [3.8, 4) is 0 Å². The molecule has 0 aromatic carbocycles. The van der Waals surface area contributed by atoms with Crippen molar-refractivity contribution in [3.05, 3.63) is 17.6 Å². The lowest BCUT2D eigenvalue weighted by Crippen LogP contribution is -2.12. The SMILES string of the molecule is CCOC(=O)c1c(NN)coc1C. The summed E-state index contributed by atoms with van der Waals surface area (Å²) in [6.45, 7) is 3.74. The van der Waals surface area contributed by atoms with E-state index in [1.807, 2.05) is 0 Å². The molecule has 1 aromatic rings. The Kier molecular flexibility index (Phi) is 2.92. The van der Waals surface area contributed by atoms with E-state index in [1.165, 1.54) is 6.26 Å². The Morgan fingerprint density at radius 1 is 1.77 bits per heavy atom. The van der Waals surface area contributed by atoms with Gasteiger partial charge >= 0.3 is 5.97 Å². The number of nitrogens with one attached hydrogen (secondary N) is 1. The summed E-state index contributed by atoms with van der Waals surface area (Å²) in [5.74, 6) is 5.24. The molecule has 1 aromatic heterocycles. The molecule has 0 spiro atoms. The minimum atomic E-state index is -0.429. The lowest BCUT2D eigenvalue weighted by molar-refractivity contribution is 0.0525. The molecule has 0 bridgehead atoms. The topological polar surface area (TPSA) is 77.5 Å². The summed E-state index contributed by atoms with van der Waals surface area (Å²) in [5.41, 5.74) is 3.15. The Morgan fingerprint density at radius 3 is 3.00 bits per heavy atom. The number of ether oxygens (including phenoxy) is 1. The number of rotatable bonds is 3. The Hall–Kier alpha value is -1.49. The number of nitrogens with two attached hydrogens (primary N) is 1. The van der Waals surface area contributed by atoms with E-state index in [-0.39, 0.29) is 0 Å². The van der Waals surface area contributed by atoms with Gasteiger partial charge in [0.05, 0.1) is 6.61 Å². The van der Waals surface area contributed by atoms with Crippen molar-refractivity contribution in [1.29, 1.82) is 0 Å². The predicted molar refractivity (Wildman–Crippen MR) is 47.2 cm³/mol. The lowest BCUT2D eigenvalue weighted by Gasteiger charge is -2.02. The molecule has 0 amide bonds. The van der Waals surface area contributed by atoms with Crippen molar-refractivity contribution in [3.63, 3.8) is 0 Å². The van der Waals surface area contributed by atoms with Gasteiger partial charge in [0.1, 0.15) is 23.3 Å². The summed E-state index contributed by atoms with van der Waals surface area (Å²) >= 11 is 0. The quantitative estimate of drug-likeness (QED) is 0.417. The molecule has 1 heterocycles. The predicted octanol–water partition coefficient (Wildman–Crippen LogP) is 1.05. The number of nitrogen functional groups attached to an aromatic ring is 1. The molecule has 1 rings (SSSR count). The second-order valence-corrected chi connectivity index (χ2v) is 2.45. The summed E-state index contributed by atoms with van der Waals surface area (Å²) in [7, 11) is 0. The second kappa shape index (κ2) is 3.95. The van der Waals surface area contributed by atoms with Gasteiger partial charge in [0.25, 0.3) is 0 Å². The molecule has 0 aliphatic heterocycles. The van der Waals surface area contributed by atoms with Gasteiger partial charge in [0, 0.05) is 0 Å². The van der Waals surface area contributed by atoms with Gasteiger partial charge in [-0.25, -0.2) is 4.79 Å². The first-order chi connectivity index (χ1) is 6.20. The van der Waals surface area contributed by atoms with E-state index in [4.69, 9.17) is 15.0 Å². The molecule has 0 radical (unpaired) electrons. The highest BCUT2D eigenvalue weighted by molar-refractivity contribution is 5.96. The van der Waals surface area contributed by atoms with Crippen LogP contribution in [0.25, 0.3) is 0 Å². The van der Waals surface area contributed by atoms with Gasteiger partial charge in [0.2, 0.25) is 0 Å². The standard InChI is InChI=1S/C8H12N2O3/c1-3-12-8(11)7-5(2)13-4-6(7)10-9/h4,10H,3,9H2,1-2H3. The monoisotopic (exact) mass is 184 g/mol.